The van der Waals surface area contributed by atoms with Crippen molar-refractivity contribution in [2.75, 3.05) is 0 Å². The van der Waals surface area contributed by atoms with Gasteiger partial charge >= 0.3 is 17.9 Å². The third-order valence-electron chi connectivity index (χ3n) is 4.50. The number of aliphatic carboxylic acids is 2. The third kappa shape index (κ3) is 5.08. The lowest BCUT2D eigenvalue weighted by molar-refractivity contribution is -0.161. The van der Waals surface area contributed by atoms with E-state index in [0.717, 1.165) is 32.1 Å². The lowest BCUT2D eigenvalue weighted by atomic mass is 9.73. The Balaban J connectivity index is 2.88. The summed E-state index contributed by atoms with van der Waals surface area (Å²) in [5, 5.41) is 18.8. The van der Waals surface area contributed by atoms with Gasteiger partial charge in [0.05, 0.1) is 6.42 Å². The molecular formula is C17H26O6. The molecule has 1 atom stereocenters. The minimum absolute atomic E-state index is 0.0593. The quantitative estimate of drug-likeness (QED) is 0.498. The summed E-state index contributed by atoms with van der Waals surface area (Å²) in [4.78, 5) is 35.2. The number of carbonyl (C=O) groups excluding carboxylic acids is 1. The summed E-state index contributed by atoms with van der Waals surface area (Å²) >= 11 is 0. The molecule has 1 rings (SSSR count). The second-order valence-corrected chi connectivity index (χ2v) is 6.20. The molecule has 0 saturated heterocycles. The second-order valence-electron chi connectivity index (χ2n) is 6.20. The SMILES string of the molecule is C=C(C(=O)O)C(CCCC)(CC(=O)OC1CCCCC1)C(=O)O. The zero-order chi connectivity index (χ0) is 17.5. The van der Waals surface area contributed by atoms with E-state index in [4.69, 9.17) is 4.74 Å². The van der Waals surface area contributed by atoms with E-state index >= 15 is 0 Å². The molecule has 1 aliphatic rings. The standard InChI is InChI=1S/C17H26O6/c1-3-4-10-17(16(21)22,12(2)15(19)20)11-14(18)23-13-8-6-5-7-9-13/h13H,2-11H2,1H3,(H,19,20)(H,21,22). The fraction of sp³-hybridized carbons (Fsp3) is 0.706. The van der Waals surface area contributed by atoms with Gasteiger partial charge in [-0.05, 0) is 32.1 Å². The molecule has 1 aliphatic carbocycles. The molecule has 0 aromatic heterocycles. The Hall–Kier alpha value is -1.85. The summed E-state index contributed by atoms with van der Waals surface area (Å²) in [7, 11) is 0. The van der Waals surface area contributed by atoms with Crippen molar-refractivity contribution in [1.82, 2.24) is 0 Å². The van der Waals surface area contributed by atoms with Gasteiger partial charge in [-0.15, -0.1) is 0 Å². The topological polar surface area (TPSA) is 101 Å². The van der Waals surface area contributed by atoms with Crippen LogP contribution in [0.3, 0.4) is 0 Å². The lowest BCUT2D eigenvalue weighted by Crippen LogP contribution is -2.39. The van der Waals surface area contributed by atoms with E-state index in [1.165, 1.54) is 0 Å². The van der Waals surface area contributed by atoms with Crippen LogP contribution < -0.4 is 0 Å². The molecule has 0 radical (unpaired) electrons. The van der Waals surface area contributed by atoms with Crippen molar-refractivity contribution in [3.63, 3.8) is 0 Å². The van der Waals surface area contributed by atoms with Crippen molar-refractivity contribution in [2.24, 2.45) is 5.41 Å². The average Bonchev–Trinajstić information content (AvgIpc) is 2.51. The maximum absolute atomic E-state index is 12.2. The van der Waals surface area contributed by atoms with Gasteiger partial charge < -0.3 is 14.9 Å². The molecule has 0 spiro atoms. The van der Waals surface area contributed by atoms with Gasteiger partial charge in [0.15, 0.2) is 0 Å². The predicted molar refractivity (Wildman–Crippen MR) is 84.0 cm³/mol. The number of carbonyl (C=O) groups is 3. The van der Waals surface area contributed by atoms with Crippen molar-refractivity contribution in [1.29, 1.82) is 0 Å². The highest BCUT2D eigenvalue weighted by molar-refractivity contribution is 5.98. The van der Waals surface area contributed by atoms with E-state index < -0.39 is 35.3 Å². The van der Waals surface area contributed by atoms with Crippen LogP contribution in [-0.4, -0.2) is 34.2 Å². The summed E-state index contributed by atoms with van der Waals surface area (Å²) in [5.41, 5.74) is -2.26. The van der Waals surface area contributed by atoms with E-state index in [-0.39, 0.29) is 12.5 Å². The number of carboxylic acid groups (broad SMARTS) is 2. The van der Waals surface area contributed by atoms with Crippen LogP contribution in [0.5, 0.6) is 0 Å². The van der Waals surface area contributed by atoms with Gasteiger partial charge in [-0.2, -0.15) is 0 Å². The summed E-state index contributed by atoms with van der Waals surface area (Å²) in [6.07, 6.45) is 5.22. The van der Waals surface area contributed by atoms with Gasteiger partial charge in [-0.3, -0.25) is 9.59 Å². The molecule has 1 saturated carbocycles. The number of hydrogen-bond acceptors (Lipinski definition) is 4. The van der Waals surface area contributed by atoms with Crippen LogP contribution in [0.4, 0.5) is 0 Å². The number of unbranched alkanes of at least 4 members (excludes halogenated alkanes) is 1. The molecule has 0 bridgehead atoms. The predicted octanol–water partition coefficient (Wildman–Crippen LogP) is 3.15. The molecule has 0 aromatic carbocycles. The molecule has 0 amide bonds. The van der Waals surface area contributed by atoms with Crippen LogP contribution in [0, 0.1) is 5.41 Å². The summed E-state index contributed by atoms with van der Waals surface area (Å²) < 4.78 is 5.37. The molecule has 0 heterocycles. The smallest absolute Gasteiger partial charge is 0.332 e. The minimum Gasteiger partial charge on any atom is -0.481 e. The Labute approximate surface area is 136 Å². The Morgan fingerprint density at radius 3 is 2.26 bits per heavy atom. The first kappa shape index (κ1) is 19.2. The first-order valence-electron chi connectivity index (χ1n) is 8.19. The largest absolute Gasteiger partial charge is 0.481 e. The summed E-state index contributed by atoms with van der Waals surface area (Å²) in [6, 6.07) is 0. The molecule has 23 heavy (non-hydrogen) atoms. The molecule has 1 fully saturated rings. The van der Waals surface area contributed by atoms with Crippen molar-refractivity contribution in [2.45, 2.75) is 70.8 Å². The Bertz CT molecular complexity index is 464. The van der Waals surface area contributed by atoms with Crippen LogP contribution in [-0.2, 0) is 19.1 Å². The fourth-order valence-electron chi connectivity index (χ4n) is 3.00. The molecular weight excluding hydrogens is 300 g/mol. The molecule has 6 heteroatoms. The third-order valence-corrected chi connectivity index (χ3v) is 4.50. The van der Waals surface area contributed by atoms with Crippen LogP contribution in [0.25, 0.3) is 0 Å². The first-order valence-corrected chi connectivity index (χ1v) is 8.19. The van der Waals surface area contributed by atoms with E-state index in [9.17, 15) is 24.6 Å². The number of esters is 1. The van der Waals surface area contributed by atoms with E-state index in [0.29, 0.717) is 12.8 Å². The molecule has 130 valence electrons. The van der Waals surface area contributed by atoms with Crippen LogP contribution in [0.2, 0.25) is 0 Å². The molecule has 6 nitrogen and oxygen atoms in total. The molecule has 1 unspecified atom stereocenters. The normalized spacial score (nSPS) is 18.0. The maximum Gasteiger partial charge on any atom is 0.332 e. The van der Waals surface area contributed by atoms with E-state index in [1.807, 2.05) is 6.92 Å². The van der Waals surface area contributed by atoms with Gasteiger partial charge in [0.2, 0.25) is 0 Å². The number of ether oxygens (including phenoxy) is 1. The van der Waals surface area contributed by atoms with Crippen molar-refractivity contribution in [3.05, 3.63) is 12.2 Å². The van der Waals surface area contributed by atoms with Crippen LogP contribution in [0.1, 0.15) is 64.7 Å². The van der Waals surface area contributed by atoms with Gasteiger partial charge in [-0.1, -0.05) is 32.8 Å². The molecule has 2 N–H and O–H groups in total. The van der Waals surface area contributed by atoms with Crippen molar-refractivity contribution < 1.29 is 29.3 Å². The Morgan fingerprint density at radius 2 is 1.78 bits per heavy atom. The van der Waals surface area contributed by atoms with Crippen LogP contribution in [0.15, 0.2) is 12.2 Å². The number of carboxylic acids is 2. The highest BCUT2D eigenvalue weighted by Gasteiger charge is 2.46. The van der Waals surface area contributed by atoms with Crippen LogP contribution >= 0.6 is 0 Å². The van der Waals surface area contributed by atoms with Crippen molar-refractivity contribution >= 4 is 17.9 Å². The van der Waals surface area contributed by atoms with Gasteiger partial charge in [0.25, 0.3) is 0 Å². The summed E-state index contributed by atoms with van der Waals surface area (Å²) in [5.74, 6) is -3.38. The zero-order valence-electron chi connectivity index (χ0n) is 13.7. The number of hydrogen-bond donors (Lipinski definition) is 2. The fourth-order valence-corrected chi connectivity index (χ4v) is 3.00. The van der Waals surface area contributed by atoms with Gasteiger partial charge in [-0.25, -0.2) is 4.79 Å². The van der Waals surface area contributed by atoms with Crippen molar-refractivity contribution in [3.8, 4) is 0 Å². The maximum atomic E-state index is 12.2. The highest BCUT2D eigenvalue weighted by atomic mass is 16.5. The second kappa shape index (κ2) is 8.70. The average molecular weight is 326 g/mol. The number of rotatable bonds is 9. The summed E-state index contributed by atoms with van der Waals surface area (Å²) in [6.45, 7) is 5.28. The Morgan fingerprint density at radius 1 is 1.17 bits per heavy atom. The minimum atomic E-state index is -1.80. The molecule has 0 aliphatic heterocycles. The highest BCUT2D eigenvalue weighted by Crippen LogP contribution is 2.38. The lowest BCUT2D eigenvalue weighted by Gasteiger charge is -2.30. The zero-order valence-corrected chi connectivity index (χ0v) is 13.7. The Kier molecular flexibility index (Phi) is 7.26. The van der Waals surface area contributed by atoms with E-state index in [2.05, 4.69) is 6.58 Å². The monoisotopic (exact) mass is 326 g/mol. The van der Waals surface area contributed by atoms with E-state index in [1.54, 1.807) is 0 Å². The first-order chi connectivity index (χ1) is 10.8. The van der Waals surface area contributed by atoms with Gasteiger partial charge in [0.1, 0.15) is 11.5 Å². The van der Waals surface area contributed by atoms with Gasteiger partial charge in [0, 0.05) is 5.57 Å². The molecule has 0 aromatic rings.